The first-order valence-electron chi connectivity index (χ1n) is 10.1. The van der Waals surface area contributed by atoms with Crippen LogP contribution in [-0.4, -0.2) is 111 Å². The summed E-state index contributed by atoms with van der Waals surface area (Å²) in [7, 11) is -0.771. The fourth-order valence-electron chi connectivity index (χ4n) is 3.53. The summed E-state index contributed by atoms with van der Waals surface area (Å²) in [5.41, 5.74) is 0. The normalized spacial score (nSPS) is 23.5. The van der Waals surface area contributed by atoms with Gasteiger partial charge in [-0.25, -0.2) is 0 Å². The average molecular weight is 549 g/mol. The van der Waals surface area contributed by atoms with Crippen LogP contribution in [0.3, 0.4) is 0 Å². The van der Waals surface area contributed by atoms with Gasteiger partial charge in [0, 0.05) is 77.2 Å². The molecule has 1 radical (unpaired) electrons. The van der Waals surface area contributed by atoms with Gasteiger partial charge in [-0.2, -0.15) is 0 Å². The summed E-state index contributed by atoms with van der Waals surface area (Å²) >= 11 is 0. The Kier molecular flexibility index (Phi) is 21.8. The van der Waals surface area contributed by atoms with E-state index in [1.165, 1.54) is 64.8 Å². The summed E-state index contributed by atoms with van der Waals surface area (Å²) in [6.07, 6.45) is 7.29. The van der Waals surface area contributed by atoms with Crippen molar-refractivity contribution in [3.63, 3.8) is 0 Å². The van der Waals surface area contributed by atoms with Gasteiger partial charge < -0.3 is 30.0 Å². The van der Waals surface area contributed by atoms with Crippen molar-refractivity contribution in [3.05, 3.63) is 0 Å². The molecule has 1 heterocycles. The van der Waals surface area contributed by atoms with Crippen LogP contribution in [0, 0.1) is 5.92 Å². The number of likely N-dealkylation sites (N-methyl/N-ethyl adjacent to an activating group) is 3. The second kappa shape index (κ2) is 17.7. The molecule has 1 saturated heterocycles. The largest absolute Gasteiger partial charge is 0 e. The number of aliphatic hydroxyl groups is 3. The van der Waals surface area contributed by atoms with E-state index < -0.39 is 7.81 Å². The summed E-state index contributed by atoms with van der Waals surface area (Å²) in [6, 6.07) is 0.779. The van der Waals surface area contributed by atoms with Gasteiger partial charge in [-0.05, 0) is 39.9 Å². The minimum absolute atomic E-state index is 0. The molecule has 14 heteroatoms. The molecule has 1 aliphatic carbocycles. The standard InChI is InChI=1S/C15H31N3.3CH4O.F6P.Mn/c1-16-9-10-17(2)13-15(18(3)12-11-16)14-7-5-4-6-8-14;3*1-2;1-7(2,3,4,5)6;/h14-15H,4-13H2,1-3H3;3*2H,1H3;;/q;;;;-1;. The van der Waals surface area contributed by atoms with E-state index in [0.29, 0.717) is 0 Å². The van der Waals surface area contributed by atoms with Crippen molar-refractivity contribution in [1.82, 2.24) is 14.7 Å². The summed E-state index contributed by atoms with van der Waals surface area (Å²) in [6.45, 7) is 6.13. The first-order chi connectivity index (χ1) is 14.1. The van der Waals surface area contributed by atoms with E-state index in [2.05, 4.69) is 35.8 Å². The quantitative estimate of drug-likeness (QED) is 0.262. The molecule has 2 aliphatic rings. The summed E-state index contributed by atoms with van der Waals surface area (Å²) in [5, 5.41) is 21.0. The Balaban J connectivity index is -0.000000238. The third-order valence-corrected chi connectivity index (χ3v) is 4.96. The second-order valence-corrected chi connectivity index (χ2v) is 9.39. The fraction of sp³-hybridized carbons (Fsp3) is 1.00. The zero-order valence-electron chi connectivity index (χ0n) is 20.0. The molecule has 203 valence electrons. The predicted molar refractivity (Wildman–Crippen MR) is 116 cm³/mol. The Bertz CT molecular complexity index is 421. The molecule has 0 aromatic heterocycles. The first kappa shape index (κ1) is 39.5. The van der Waals surface area contributed by atoms with Crippen molar-refractivity contribution in [1.29, 1.82) is 0 Å². The van der Waals surface area contributed by atoms with E-state index in [1.54, 1.807) is 0 Å². The van der Waals surface area contributed by atoms with Crippen LogP contribution in [0.15, 0.2) is 0 Å². The van der Waals surface area contributed by atoms with Gasteiger partial charge in [-0.1, -0.05) is 19.3 Å². The van der Waals surface area contributed by atoms with Crippen molar-refractivity contribution in [2.75, 3.05) is 75.2 Å². The molecule has 2 rings (SSSR count). The third-order valence-electron chi connectivity index (χ3n) is 4.96. The Labute approximate surface area is 199 Å². The molecular weight excluding hydrogens is 506 g/mol. The Morgan fingerprint density at radius 1 is 0.625 bits per heavy atom. The molecule has 1 aliphatic heterocycles. The molecule has 6 nitrogen and oxygen atoms in total. The second-order valence-electron chi connectivity index (χ2n) is 7.47. The van der Waals surface area contributed by atoms with Gasteiger partial charge in [-0.15, -0.1) is 0 Å². The molecule has 3 N–H and O–H groups in total. The third kappa shape index (κ3) is 28.3. The van der Waals surface area contributed by atoms with Gasteiger partial charge >= 0.3 is 33.0 Å². The molecule has 0 amide bonds. The van der Waals surface area contributed by atoms with E-state index in [9.17, 15) is 25.2 Å². The van der Waals surface area contributed by atoms with E-state index in [4.69, 9.17) is 15.3 Å². The number of nitrogens with zero attached hydrogens (tertiary/aromatic N) is 3. The molecule has 2 fully saturated rings. The number of aliphatic hydroxyl groups excluding tert-OH is 3. The van der Waals surface area contributed by atoms with Gasteiger partial charge in [0.2, 0.25) is 0 Å². The molecule has 1 atom stereocenters. The summed E-state index contributed by atoms with van der Waals surface area (Å²) < 4.78 is 59.2. The number of halogens is 6. The minimum Gasteiger partial charge on any atom is 0 e. The first-order valence-corrected chi connectivity index (χ1v) is 12.1. The Morgan fingerprint density at radius 3 is 1.38 bits per heavy atom. The van der Waals surface area contributed by atoms with Crippen LogP contribution in [0.1, 0.15) is 32.1 Å². The summed E-state index contributed by atoms with van der Waals surface area (Å²) in [4.78, 5) is 7.64. The molecule has 0 spiro atoms. The van der Waals surface area contributed by atoms with Crippen molar-refractivity contribution >= 4 is 7.81 Å². The molecule has 0 bridgehead atoms. The van der Waals surface area contributed by atoms with E-state index in [-0.39, 0.29) is 17.1 Å². The zero-order valence-corrected chi connectivity index (χ0v) is 22.1. The van der Waals surface area contributed by atoms with Gasteiger partial charge in [-0.3, -0.25) is 0 Å². The monoisotopic (exact) mass is 549 g/mol. The minimum atomic E-state index is -10.7. The average Bonchev–Trinajstić information content (AvgIpc) is 2.76. The molecule has 0 aromatic carbocycles. The number of hydrogen-bond donors (Lipinski definition) is 3. The van der Waals surface area contributed by atoms with Crippen molar-refractivity contribution in [3.8, 4) is 0 Å². The van der Waals surface area contributed by atoms with Gasteiger partial charge in [0.15, 0.2) is 0 Å². The maximum absolute atomic E-state index is 10.7. The van der Waals surface area contributed by atoms with Crippen LogP contribution in [0.2, 0.25) is 0 Å². The van der Waals surface area contributed by atoms with Crippen LogP contribution in [-0.2, 0) is 17.1 Å². The van der Waals surface area contributed by atoms with Crippen LogP contribution in [0.5, 0.6) is 0 Å². The van der Waals surface area contributed by atoms with Crippen molar-refractivity contribution in [2.24, 2.45) is 5.92 Å². The molecule has 1 unspecified atom stereocenters. The van der Waals surface area contributed by atoms with Gasteiger partial charge in [0.25, 0.3) is 0 Å². The molecule has 0 aromatic rings. The van der Waals surface area contributed by atoms with Crippen LogP contribution < -0.4 is 0 Å². The van der Waals surface area contributed by atoms with Crippen LogP contribution in [0.4, 0.5) is 25.2 Å². The maximum Gasteiger partial charge on any atom is 0 e. The Morgan fingerprint density at radius 2 is 0.969 bits per heavy atom. The molecular formula is C18H43F6MnN3O3P-. The van der Waals surface area contributed by atoms with Gasteiger partial charge in [0.05, 0.1) is 0 Å². The fourth-order valence-corrected chi connectivity index (χ4v) is 3.53. The molecule has 32 heavy (non-hydrogen) atoms. The van der Waals surface area contributed by atoms with Crippen molar-refractivity contribution < 1.29 is 57.6 Å². The molecule has 1 saturated carbocycles. The number of hydrogen-bond acceptors (Lipinski definition) is 6. The predicted octanol–water partition coefficient (Wildman–Crippen LogP) is 3.95. The SMILES string of the molecule is CN1CCN(C)CC(C2CCCCC2)N(C)CC1.CO.CO.CO.F[P-](F)(F)(F)(F)F.[Mn]. The van der Waals surface area contributed by atoms with Gasteiger partial charge in [0.1, 0.15) is 0 Å². The van der Waals surface area contributed by atoms with E-state index >= 15 is 0 Å². The number of rotatable bonds is 1. The van der Waals surface area contributed by atoms with E-state index in [1.807, 2.05) is 0 Å². The summed E-state index contributed by atoms with van der Waals surface area (Å²) in [5.74, 6) is 0.939. The Hall–Kier alpha value is 0.289. The zero-order chi connectivity index (χ0) is 25.4. The van der Waals surface area contributed by atoms with Crippen LogP contribution in [0.25, 0.3) is 0 Å². The van der Waals surface area contributed by atoms with E-state index in [0.717, 1.165) is 33.3 Å². The van der Waals surface area contributed by atoms with Crippen molar-refractivity contribution in [2.45, 2.75) is 38.1 Å². The van der Waals surface area contributed by atoms with Crippen LogP contribution >= 0.6 is 7.81 Å². The smallest absolute Gasteiger partial charge is 0 e. The maximum atomic E-state index is 9.87. The topological polar surface area (TPSA) is 70.4 Å².